The molecule has 2 heterocycles. The summed E-state index contributed by atoms with van der Waals surface area (Å²) in [5.74, 6) is -1.22. The highest BCUT2D eigenvalue weighted by Gasteiger charge is 2.42. The van der Waals surface area contributed by atoms with Gasteiger partial charge in [-0.15, -0.1) is 0 Å². The third-order valence-corrected chi connectivity index (χ3v) is 7.61. The third kappa shape index (κ3) is 6.44. The number of hydrogen-bond acceptors (Lipinski definition) is 6. The molecule has 0 aliphatic carbocycles. The normalized spacial score (nSPS) is 16.9. The summed E-state index contributed by atoms with van der Waals surface area (Å²) in [6.45, 7) is 5.79. The Balaban J connectivity index is 1.92. The van der Waals surface area contributed by atoms with Gasteiger partial charge in [0.2, 0.25) is 0 Å². The molecule has 1 aliphatic heterocycles. The quantitative estimate of drug-likeness (QED) is 0.334. The second-order valence-electron chi connectivity index (χ2n) is 9.16. The molecule has 1 aromatic carbocycles. The summed E-state index contributed by atoms with van der Waals surface area (Å²) >= 11 is 0. The number of nitrogens with zero attached hydrogens (tertiary/aromatic N) is 1. The molecule has 2 aromatic rings. The van der Waals surface area contributed by atoms with E-state index in [1.165, 1.54) is 12.1 Å². The lowest BCUT2D eigenvalue weighted by atomic mass is 9.80. The molecule has 0 saturated heterocycles. The molecule has 0 bridgehead atoms. The number of esters is 1. The molecule has 3 rings (SSSR count). The molecular formula is C26H31F3N2O5S. The highest BCUT2D eigenvalue weighted by molar-refractivity contribution is 7.92. The summed E-state index contributed by atoms with van der Waals surface area (Å²) in [5.41, 5.74) is -1.33. The largest absolute Gasteiger partial charge is 0.512 e. The molecule has 7 nitrogen and oxygen atoms in total. The number of aromatic nitrogens is 1. The van der Waals surface area contributed by atoms with E-state index in [9.17, 15) is 31.5 Å². The first kappa shape index (κ1) is 28.5. The molecule has 1 aromatic heterocycles. The second-order valence-corrected chi connectivity index (χ2v) is 10.8. The van der Waals surface area contributed by atoms with Crippen LogP contribution in [0.1, 0.15) is 76.5 Å². The van der Waals surface area contributed by atoms with Crippen LogP contribution in [0.3, 0.4) is 0 Å². The maximum absolute atomic E-state index is 13.1. The predicted octanol–water partition coefficient (Wildman–Crippen LogP) is 6.49. The molecule has 2 N–H and O–H groups in total. The van der Waals surface area contributed by atoms with Crippen LogP contribution in [-0.2, 0) is 25.7 Å². The van der Waals surface area contributed by atoms with Gasteiger partial charge >= 0.3 is 12.1 Å². The van der Waals surface area contributed by atoms with Gasteiger partial charge in [-0.25, -0.2) is 9.78 Å². The lowest BCUT2D eigenvalue weighted by Crippen LogP contribution is -2.41. The number of hydrogen-bond donors (Lipinski definition) is 2. The number of ether oxygens (including phenoxy) is 1. The van der Waals surface area contributed by atoms with Crippen molar-refractivity contribution >= 4 is 21.7 Å². The van der Waals surface area contributed by atoms with Gasteiger partial charge in [0.25, 0.3) is 10.0 Å². The highest BCUT2D eigenvalue weighted by atomic mass is 32.2. The van der Waals surface area contributed by atoms with Crippen LogP contribution in [0, 0.1) is 0 Å². The topological polar surface area (TPSA) is 106 Å². The second kappa shape index (κ2) is 11.1. The molecule has 202 valence electrons. The summed E-state index contributed by atoms with van der Waals surface area (Å²) in [4.78, 5) is 16.3. The number of aliphatic hydroxyl groups is 1. The molecule has 11 heteroatoms. The van der Waals surface area contributed by atoms with E-state index in [1.54, 1.807) is 12.1 Å². The molecule has 1 atom stereocenters. The number of carbonyl (C=O) groups excluding carboxylic acids is 1. The van der Waals surface area contributed by atoms with Gasteiger partial charge in [0.1, 0.15) is 17.1 Å². The summed E-state index contributed by atoms with van der Waals surface area (Å²) in [6.07, 6.45) is -1.35. The number of halogens is 3. The van der Waals surface area contributed by atoms with E-state index in [-0.39, 0.29) is 23.4 Å². The van der Waals surface area contributed by atoms with Gasteiger partial charge < -0.3 is 9.84 Å². The van der Waals surface area contributed by atoms with Crippen molar-refractivity contribution in [1.29, 1.82) is 0 Å². The van der Waals surface area contributed by atoms with Gasteiger partial charge in [0.15, 0.2) is 5.03 Å². The first-order valence-corrected chi connectivity index (χ1v) is 13.7. The Hall–Kier alpha value is -3.08. The van der Waals surface area contributed by atoms with E-state index in [0.717, 1.165) is 25.0 Å². The zero-order valence-electron chi connectivity index (χ0n) is 20.9. The molecule has 1 unspecified atom stereocenters. The lowest BCUT2D eigenvalue weighted by Gasteiger charge is -2.38. The predicted molar refractivity (Wildman–Crippen MR) is 132 cm³/mol. The number of carbonyl (C=O) groups is 1. The Bertz CT molecular complexity index is 1270. The summed E-state index contributed by atoms with van der Waals surface area (Å²) in [7, 11) is -4.43. The van der Waals surface area contributed by atoms with E-state index in [2.05, 4.69) is 9.71 Å². The minimum Gasteiger partial charge on any atom is -0.512 e. The van der Waals surface area contributed by atoms with E-state index in [1.807, 2.05) is 20.8 Å². The molecule has 0 spiro atoms. The molecular weight excluding hydrogens is 509 g/mol. The van der Waals surface area contributed by atoms with Crippen LogP contribution in [0.25, 0.3) is 0 Å². The van der Waals surface area contributed by atoms with Crippen LogP contribution in [0.5, 0.6) is 0 Å². The van der Waals surface area contributed by atoms with Crippen LogP contribution in [0.15, 0.2) is 58.8 Å². The SMILES string of the molecule is CCCC1(CCC)CC(O)=C(C(CC)c2cccc(NS(=O)(=O)c3cccc(C(F)(F)F)n3)c2)C(=O)O1. The number of aliphatic hydroxyl groups excluding tert-OH is 1. The van der Waals surface area contributed by atoms with Crippen molar-refractivity contribution in [3.05, 3.63) is 65.1 Å². The summed E-state index contributed by atoms with van der Waals surface area (Å²) in [6, 6.07) is 8.77. The average Bonchev–Trinajstić information content (AvgIpc) is 2.81. The number of cyclic esters (lactones) is 1. The molecule has 1 aliphatic rings. The number of anilines is 1. The van der Waals surface area contributed by atoms with Crippen molar-refractivity contribution in [3.8, 4) is 0 Å². The van der Waals surface area contributed by atoms with Crippen molar-refractivity contribution in [2.75, 3.05) is 4.72 Å². The van der Waals surface area contributed by atoms with Gasteiger partial charge in [0.05, 0.1) is 5.57 Å². The van der Waals surface area contributed by atoms with E-state index in [4.69, 9.17) is 4.74 Å². The average molecular weight is 541 g/mol. The number of rotatable bonds is 10. The van der Waals surface area contributed by atoms with Crippen molar-refractivity contribution < 1.29 is 36.2 Å². The third-order valence-electron chi connectivity index (χ3n) is 6.33. The number of alkyl halides is 3. The van der Waals surface area contributed by atoms with Crippen molar-refractivity contribution in [1.82, 2.24) is 4.98 Å². The number of pyridine rings is 1. The Morgan fingerprint density at radius 3 is 2.32 bits per heavy atom. The standard InChI is InChI=1S/C26H31F3N2O5S/c1-4-13-25(14-5-2)16-20(32)23(24(33)36-25)19(6-3)17-9-7-10-18(15-17)31-37(34,35)22-12-8-11-21(30-22)26(27,28)29/h7-12,15,19,31-32H,4-6,13-14,16H2,1-3H3. The van der Waals surface area contributed by atoms with Crippen LogP contribution in [0.4, 0.5) is 18.9 Å². The fourth-order valence-corrected chi connectivity index (χ4v) is 5.84. The van der Waals surface area contributed by atoms with Crippen molar-refractivity contribution in [3.63, 3.8) is 0 Å². The Morgan fingerprint density at radius 2 is 1.76 bits per heavy atom. The molecule has 0 fully saturated rings. The number of nitrogens with one attached hydrogen (secondary N) is 1. The van der Waals surface area contributed by atoms with E-state index < -0.39 is 44.4 Å². The van der Waals surface area contributed by atoms with E-state index >= 15 is 0 Å². The van der Waals surface area contributed by atoms with Crippen LogP contribution in [-0.4, -0.2) is 30.1 Å². The minimum atomic E-state index is -4.80. The summed E-state index contributed by atoms with van der Waals surface area (Å²) < 4.78 is 72.7. The maximum Gasteiger partial charge on any atom is 0.433 e. The van der Waals surface area contributed by atoms with Crippen LogP contribution < -0.4 is 4.72 Å². The number of sulfonamides is 1. The van der Waals surface area contributed by atoms with Gasteiger partial charge in [-0.05, 0) is 49.1 Å². The lowest BCUT2D eigenvalue weighted by molar-refractivity contribution is -0.161. The Labute approximate surface area is 214 Å². The van der Waals surface area contributed by atoms with Crippen LogP contribution >= 0.6 is 0 Å². The smallest absolute Gasteiger partial charge is 0.433 e. The van der Waals surface area contributed by atoms with Gasteiger partial charge in [-0.2, -0.15) is 21.6 Å². The van der Waals surface area contributed by atoms with Crippen molar-refractivity contribution in [2.24, 2.45) is 0 Å². The highest BCUT2D eigenvalue weighted by Crippen LogP contribution is 2.42. The Morgan fingerprint density at radius 1 is 1.11 bits per heavy atom. The molecule has 0 saturated carbocycles. The fourth-order valence-electron chi connectivity index (χ4n) is 4.82. The van der Waals surface area contributed by atoms with Gasteiger partial charge in [0, 0.05) is 18.0 Å². The van der Waals surface area contributed by atoms with Crippen LogP contribution in [0.2, 0.25) is 0 Å². The molecule has 37 heavy (non-hydrogen) atoms. The molecule has 0 radical (unpaired) electrons. The fraction of sp³-hybridized carbons (Fsp3) is 0.462. The zero-order chi connectivity index (χ0) is 27.4. The van der Waals surface area contributed by atoms with Crippen molar-refractivity contribution in [2.45, 2.75) is 82.0 Å². The number of benzene rings is 1. The zero-order valence-corrected chi connectivity index (χ0v) is 21.7. The summed E-state index contributed by atoms with van der Waals surface area (Å²) in [5, 5.41) is 10.2. The molecule has 0 amide bonds. The minimum absolute atomic E-state index is 0.0378. The maximum atomic E-state index is 13.1. The first-order chi connectivity index (χ1) is 17.4. The Kier molecular flexibility index (Phi) is 8.56. The first-order valence-electron chi connectivity index (χ1n) is 12.2. The van der Waals surface area contributed by atoms with E-state index in [0.29, 0.717) is 30.9 Å². The van der Waals surface area contributed by atoms with Gasteiger partial charge in [-0.1, -0.05) is 51.8 Å². The van der Waals surface area contributed by atoms with Gasteiger partial charge in [-0.3, -0.25) is 4.72 Å². The monoisotopic (exact) mass is 540 g/mol.